The molecule has 0 atom stereocenters. The summed E-state index contributed by atoms with van der Waals surface area (Å²) in [4.78, 5) is 4.38. The highest BCUT2D eigenvalue weighted by molar-refractivity contribution is 6.33. The fourth-order valence-corrected chi connectivity index (χ4v) is 2.26. The predicted molar refractivity (Wildman–Crippen MR) is 81.2 cm³/mol. The summed E-state index contributed by atoms with van der Waals surface area (Å²) in [7, 11) is 0. The lowest BCUT2D eigenvalue weighted by Gasteiger charge is -2.10. The number of para-hydroxylation sites is 1. The number of rotatable bonds is 2. The molecular weight excluding hydrogens is 270 g/mol. The van der Waals surface area contributed by atoms with E-state index < -0.39 is 0 Å². The lowest BCUT2D eigenvalue weighted by atomic mass is 10.1. The molecule has 96 valence electrons. The predicted octanol–water partition coefficient (Wildman–Crippen LogP) is 4.50. The van der Waals surface area contributed by atoms with Crippen LogP contribution in [0.3, 0.4) is 0 Å². The van der Waals surface area contributed by atoms with Crippen LogP contribution in [0.15, 0.2) is 54.7 Å². The van der Waals surface area contributed by atoms with Crippen LogP contribution < -0.4 is 5.32 Å². The second-order valence-electron chi connectivity index (χ2n) is 4.31. The van der Waals surface area contributed by atoms with E-state index in [-0.39, 0.29) is 0 Å². The summed E-state index contributed by atoms with van der Waals surface area (Å²) in [5, 5.41) is 13.7. The first-order valence-corrected chi connectivity index (χ1v) is 6.46. The van der Waals surface area contributed by atoms with Crippen LogP contribution in [0.5, 0.6) is 0 Å². The van der Waals surface area contributed by atoms with Gasteiger partial charge < -0.3 is 5.32 Å². The zero-order valence-electron chi connectivity index (χ0n) is 10.5. The quantitative estimate of drug-likeness (QED) is 0.751. The molecule has 20 heavy (non-hydrogen) atoms. The molecule has 0 aliphatic heterocycles. The van der Waals surface area contributed by atoms with E-state index in [1.165, 1.54) is 0 Å². The molecule has 0 aliphatic rings. The van der Waals surface area contributed by atoms with E-state index in [2.05, 4.69) is 16.4 Å². The molecule has 0 bridgehead atoms. The lowest BCUT2D eigenvalue weighted by Crippen LogP contribution is -1.94. The van der Waals surface area contributed by atoms with Crippen molar-refractivity contribution in [3.63, 3.8) is 0 Å². The number of fused-ring (bicyclic) bond motifs is 1. The number of pyridine rings is 1. The van der Waals surface area contributed by atoms with Crippen LogP contribution >= 0.6 is 11.6 Å². The van der Waals surface area contributed by atoms with Crippen molar-refractivity contribution in [2.45, 2.75) is 0 Å². The summed E-state index contributed by atoms with van der Waals surface area (Å²) in [5.41, 5.74) is 3.06. The molecule has 3 nitrogen and oxygen atoms in total. The maximum atomic E-state index is 8.84. The van der Waals surface area contributed by atoms with Crippen molar-refractivity contribution in [1.82, 2.24) is 4.98 Å². The van der Waals surface area contributed by atoms with Crippen LogP contribution in [-0.2, 0) is 0 Å². The summed E-state index contributed by atoms with van der Waals surface area (Å²) in [6.07, 6.45) is 1.76. The van der Waals surface area contributed by atoms with E-state index >= 15 is 0 Å². The molecule has 1 aromatic heterocycles. The van der Waals surface area contributed by atoms with Crippen molar-refractivity contribution in [3.05, 3.63) is 65.3 Å². The van der Waals surface area contributed by atoms with Crippen LogP contribution in [0.25, 0.3) is 10.9 Å². The minimum atomic E-state index is 0.511. The molecule has 0 radical (unpaired) electrons. The molecule has 3 rings (SSSR count). The van der Waals surface area contributed by atoms with Crippen LogP contribution in [0.1, 0.15) is 5.56 Å². The number of nitrogens with one attached hydrogen (secondary N) is 1. The Hall–Kier alpha value is -2.57. The monoisotopic (exact) mass is 279 g/mol. The standard InChI is InChI=1S/C16H10ClN3/c17-13-9-11(10-18)6-7-14(13)20-15-5-1-3-12-4-2-8-19-16(12)15/h1-9,20H. The maximum Gasteiger partial charge on any atom is 0.0992 e. The minimum absolute atomic E-state index is 0.511. The highest BCUT2D eigenvalue weighted by Gasteiger charge is 2.05. The number of anilines is 2. The first-order valence-electron chi connectivity index (χ1n) is 6.08. The van der Waals surface area contributed by atoms with Crippen molar-refractivity contribution in [1.29, 1.82) is 5.26 Å². The minimum Gasteiger partial charge on any atom is -0.353 e. The molecule has 0 unspecified atom stereocenters. The van der Waals surface area contributed by atoms with Gasteiger partial charge in [-0.1, -0.05) is 29.8 Å². The van der Waals surface area contributed by atoms with Gasteiger partial charge in [-0.2, -0.15) is 5.26 Å². The number of benzene rings is 2. The van der Waals surface area contributed by atoms with E-state index in [1.807, 2.05) is 30.3 Å². The number of nitrogens with zero attached hydrogens (tertiary/aromatic N) is 2. The van der Waals surface area contributed by atoms with E-state index in [0.717, 1.165) is 22.3 Å². The maximum absolute atomic E-state index is 8.84. The Morgan fingerprint density at radius 2 is 1.90 bits per heavy atom. The highest BCUT2D eigenvalue weighted by Crippen LogP contribution is 2.29. The molecule has 1 heterocycles. The van der Waals surface area contributed by atoms with Crippen LogP contribution in [0.2, 0.25) is 5.02 Å². The van der Waals surface area contributed by atoms with Gasteiger partial charge in [-0.05, 0) is 30.3 Å². The third-order valence-corrected chi connectivity index (χ3v) is 3.31. The van der Waals surface area contributed by atoms with Gasteiger partial charge >= 0.3 is 0 Å². The number of nitriles is 1. The van der Waals surface area contributed by atoms with Gasteiger partial charge in [0.2, 0.25) is 0 Å². The largest absolute Gasteiger partial charge is 0.353 e. The lowest BCUT2D eigenvalue weighted by molar-refractivity contribution is 1.40. The second kappa shape index (κ2) is 5.20. The molecule has 3 aromatic rings. The summed E-state index contributed by atoms with van der Waals surface area (Å²) < 4.78 is 0. The van der Waals surface area contributed by atoms with Gasteiger partial charge in [0, 0.05) is 11.6 Å². The summed E-state index contributed by atoms with van der Waals surface area (Å²) in [6.45, 7) is 0. The third-order valence-electron chi connectivity index (χ3n) is 3.00. The summed E-state index contributed by atoms with van der Waals surface area (Å²) in [5.74, 6) is 0. The first-order chi connectivity index (χ1) is 9.78. The fraction of sp³-hybridized carbons (Fsp3) is 0. The average molecular weight is 280 g/mol. The first kappa shape index (κ1) is 12.5. The molecular formula is C16H10ClN3. The van der Waals surface area contributed by atoms with E-state index in [1.54, 1.807) is 24.4 Å². The van der Waals surface area contributed by atoms with Gasteiger partial charge in [-0.3, -0.25) is 4.98 Å². The van der Waals surface area contributed by atoms with Gasteiger partial charge in [-0.25, -0.2) is 0 Å². The number of hydrogen-bond donors (Lipinski definition) is 1. The fourth-order valence-electron chi connectivity index (χ4n) is 2.04. The number of halogens is 1. The third kappa shape index (κ3) is 2.29. The zero-order valence-corrected chi connectivity index (χ0v) is 11.2. The van der Waals surface area contributed by atoms with Gasteiger partial charge in [0.1, 0.15) is 0 Å². The zero-order chi connectivity index (χ0) is 13.9. The molecule has 0 saturated heterocycles. The molecule has 1 N–H and O–H groups in total. The van der Waals surface area contributed by atoms with Crippen LogP contribution in [0.4, 0.5) is 11.4 Å². The molecule has 4 heteroatoms. The van der Waals surface area contributed by atoms with Crippen molar-refractivity contribution >= 4 is 33.9 Å². The van der Waals surface area contributed by atoms with Crippen molar-refractivity contribution in [3.8, 4) is 6.07 Å². The molecule has 0 aliphatic carbocycles. The van der Waals surface area contributed by atoms with Crippen molar-refractivity contribution in [2.24, 2.45) is 0 Å². The van der Waals surface area contributed by atoms with Crippen LogP contribution in [-0.4, -0.2) is 4.98 Å². The average Bonchev–Trinajstić information content (AvgIpc) is 2.49. The Morgan fingerprint density at radius 3 is 2.70 bits per heavy atom. The smallest absolute Gasteiger partial charge is 0.0992 e. The Labute approximate surface area is 121 Å². The summed E-state index contributed by atoms with van der Waals surface area (Å²) >= 11 is 6.18. The molecule has 0 saturated carbocycles. The Bertz CT molecular complexity index is 816. The Morgan fingerprint density at radius 1 is 1.05 bits per heavy atom. The molecule has 0 amide bonds. The van der Waals surface area contributed by atoms with Gasteiger partial charge in [0.15, 0.2) is 0 Å². The number of hydrogen-bond acceptors (Lipinski definition) is 3. The van der Waals surface area contributed by atoms with E-state index in [4.69, 9.17) is 16.9 Å². The number of aromatic nitrogens is 1. The normalized spacial score (nSPS) is 10.2. The highest BCUT2D eigenvalue weighted by atomic mass is 35.5. The Balaban J connectivity index is 2.04. The van der Waals surface area contributed by atoms with Gasteiger partial charge in [0.05, 0.1) is 33.5 Å². The molecule has 2 aromatic carbocycles. The summed E-state index contributed by atoms with van der Waals surface area (Å²) in [6, 6.07) is 17.1. The van der Waals surface area contributed by atoms with Gasteiger partial charge in [0.25, 0.3) is 0 Å². The molecule has 0 fully saturated rings. The Kier molecular flexibility index (Phi) is 3.24. The van der Waals surface area contributed by atoms with Crippen LogP contribution in [0, 0.1) is 11.3 Å². The molecule has 0 spiro atoms. The topological polar surface area (TPSA) is 48.7 Å². The van der Waals surface area contributed by atoms with E-state index in [0.29, 0.717) is 10.6 Å². The van der Waals surface area contributed by atoms with Crippen molar-refractivity contribution < 1.29 is 0 Å². The second-order valence-corrected chi connectivity index (χ2v) is 4.72. The van der Waals surface area contributed by atoms with Gasteiger partial charge in [-0.15, -0.1) is 0 Å². The SMILES string of the molecule is N#Cc1ccc(Nc2cccc3cccnc23)c(Cl)c1. The van der Waals surface area contributed by atoms with Crippen molar-refractivity contribution in [2.75, 3.05) is 5.32 Å². The van der Waals surface area contributed by atoms with E-state index in [9.17, 15) is 0 Å².